The van der Waals surface area contributed by atoms with Crippen molar-refractivity contribution in [1.29, 1.82) is 0 Å². The van der Waals surface area contributed by atoms with Crippen molar-refractivity contribution < 1.29 is 14.7 Å². The van der Waals surface area contributed by atoms with Crippen LogP contribution in [0.4, 0.5) is 0 Å². The second kappa shape index (κ2) is 4.61. The predicted molar refractivity (Wildman–Crippen MR) is 67.4 cm³/mol. The molecule has 1 unspecified atom stereocenters. The molecule has 0 spiro atoms. The lowest BCUT2D eigenvalue weighted by Gasteiger charge is -2.35. The van der Waals surface area contributed by atoms with Crippen LogP contribution in [0.2, 0.25) is 5.02 Å². The van der Waals surface area contributed by atoms with Crippen molar-refractivity contribution in [3.63, 3.8) is 0 Å². The molecule has 1 saturated carbocycles. The first-order valence-corrected chi connectivity index (χ1v) is 6.11. The summed E-state index contributed by atoms with van der Waals surface area (Å²) in [4.78, 5) is 24.2. The molecule has 0 heterocycles. The Hall–Kier alpha value is -1.55. The Morgan fingerprint density at radius 1 is 1.56 bits per heavy atom. The van der Waals surface area contributed by atoms with Gasteiger partial charge in [0, 0.05) is 11.1 Å². The molecule has 4 nitrogen and oxygen atoms in total. The van der Waals surface area contributed by atoms with Crippen LogP contribution >= 0.6 is 11.6 Å². The third-order valence-corrected chi connectivity index (χ3v) is 3.61. The molecule has 0 radical (unpaired) electrons. The summed E-state index contributed by atoms with van der Waals surface area (Å²) in [6.45, 7) is 1.54. The fraction of sp³-hybridized carbons (Fsp3) is 0.385. The first kappa shape index (κ1) is 12.9. The molecule has 1 aromatic carbocycles. The molecule has 96 valence electrons. The Morgan fingerprint density at radius 3 is 2.67 bits per heavy atom. The standard InChI is InChI=1S/C13H14ClNO3/c1-13(12(17)18,15(8-16)11-5-6-11)9-3-2-4-10(14)7-9/h2-4,7-8,11H,5-6H2,1H3,(H,17,18). The zero-order valence-corrected chi connectivity index (χ0v) is 10.7. The second-order valence-electron chi connectivity index (χ2n) is 4.63. The number of rotatable bonds is 5. The summed E-state index contributed by atoms with van der Waals surface area (Å²) in [6.07, 6.45) is 2.32. The number of halogens is 1. The summed E-state index contributed by atoms with van der Waals surface area (Å²) >= 11 is 5.90. The molecule has 0 aliphatic heterocycles. The van der Waals surface area contributed by atoms with Crippen LogP contribution in [-0.4, -0.2) is 28.4 Å². The van der Waals surface area contributed by atoms with Gasteiger partial charge in [-0.05, 0) is 37.5 Å². The van der Waals surface area contributed by atoms with E-state index in [0.29, 0.717) is 17.0 Å². The van der Waals surface area contributed by atoms with Gasteiger partial charge >= 0.3 is 5.97 Å². The zero-order chi connectivity index (χ0) is 13.3. The highest BCUT2D eigenvalue weighted by Gasteiger charge is 2.47. The quantitative estimate of drug-likeness (QED) is 0.833. The topological polar surface area (TPSA) is 57.6 Å². The molecular formula is C13H14ClNO3. The number of carbonyl (C=O) groups is 2. The monoisotopic (exact) mass is 267 g/mol. The third kappa shape index (κ3) is 2.08. The number of carboxylic acid groups (broad SMARTS) is 1. The van der Waals surface area contributed by atoms with E-state index < -0.39 is 11.5 Å². The molecule has 0 saturated heterocycles. The van der Waals surface area contributed by atoms with E-state index in [4.69, 9.17) is 11.6 Å². The Bertz CT molecular complexity index is 487. The average molecular weight is 268 g/mol. The maximum atomic E-state index is 11.6. The molecule has 1 aliphatic rings. The van der Waals surface area contributed by atoms with E-state index in [-0.39, 0.29) is 6.04 Å². The summed E-state index contributed by atoms with van der Waals surface area (Å²) in [7, 11) is 0. The van der Waals surface area contributed by atoms with Crippen molar-refractivity contribution in [2.45, 2.75) is 31.3 Å². The summed E-state index contributed by atoms with van der Waals surface area (Å²) < 4.78 is 0. The van der Waals surface area contributed by atoms with Gasteiger partial charge in [-0.15, -0.1) is 0 Å². The molecule has 1 N–H and O–H groups in total. The molecule has 1 aliphatic carbocycles. The number of nitrogens with zero attached hydrogens (tertiary/aromatic N) is 1. The van der Waals surface area contributed by atoms with Gasteiger partial charge in [0.05, 0.1) is 0 Å². The van der Waals surface area contributed by atoms with Crippen molar-refractivity contribution in [3.8, 4) is 0 Å². The van der Waals surface area contributed by atoms with Crippen LogP contribution < -0.4 is 0 Å². The van der Waals surface area contributed by atoms with Gasteiger partial charge in [0.2, 0.25) is 6.41 Å². The average Bonchev–Trinajstić information content (AvgIpc) is 3.13. The molecule has 1 fully saturated rings. The molecule has 1 aromatic rings. The van der Waals surface area contributed by atoms with Crippen molar-refractivity contribution in [2.24, 2.45) is 0 Å². The van der Waals surface area contributed by atoms with Crippen LogP contribution in [0.3, 0.4) is 0 Å². The number of amides is 1. The molecule has 0 aromatic heterocycles. The first-order valence-electron chi connectivity index (χ1n) is 5.73. The minimum atomic E-state index is -1.37. The first-order chi connectivity index (χ1) is 8.50. The smallest absolute Gasteiger partial charge is 0.334 e. The molecule has 2 rings (SSSR count). The summed E-state index contributed by atoms with van der Waals surface area (Å²) in [5.74, 6) is -1.05. The number of benzene rings is 1. The van der Waals surface area contributed by atoms with Gasteiger partial charge in [0.1, 0.15) is 0 Å². The molecule has 18 heavy (non-hydrogen) atoms. The minimum absolute atomic E-state index is 0.0163. The van der Waals surface area contributed by atoms with Crippen molar-refractivity contribution in [3.05, 3.63) is 34.9 Å². The van der Waals surface area contributed by atoms with Crippen LogP contribution in [0.25, 0.3) is 0 Å². The number of carboxylic acids is 1. The fourth-order valence-electron chi connectivity index (χ4n) is 2.08. The van der Waals surface area contributed by atoms with Gasteiger partial charge < -0.3 is 10.0 Å². The van der Waals surface area contributed by atoms with E-state index in [1.54, 1.807) is 24.3 Å². The van der Waals surface area contributed by atoms with Crippen LogP contribution in [0.1, 0.15) is 25.3 Å². The largest absolute Gasteiger partial charge is 0.479 e. The lowest BCUT2D eigenvalue weighted by atomic mass is 9.90. The molecular weight excluding hydrogens is 254 g/mol. The SMILES string of the molecule is CC(C(=O)O)(c1cccc(Cl)c1)N(C=O)C1CC1. The van der Waals surface area contributed by atoms with E-state index in [1.807, 2.05) is 0 Å². The van der Waals surface area contributed by atoms with Crippen molar-refractivity contribution >= 4 is 24.0 Å². The minimum Gasteiger partial charge on any atom is -0.479 e. The Labute approximate surface area is 110 Å². The highest BCUT2D eigenvalue weighted by molar-refractivity contribution is 6.30. The van der Waals surface area contributed by atoms with Gasteiger partial charge in [-0.25, -0.2) is 4.79 Å². The van der Waals surface area contributed by atoms with Gasteiger partial charge in [-0.2, -0.15) is 0 Å². The number of hydrogen-bond acceptors (Lipinski definition) is 2. The van der Waals surface area contributed by atoms with Crippen LogP contribution in [0, 0.1) is 0 Å². The van der Waals surface area contributed by atoms with E-state index in [2.05, 4.69) is 0 Å². The normalized spacial score (nSPS) is 17.9. The molecule has 1 atom stereocenters. The Morgan fingerprint density at radius 2 is 2.22 bits per heavy atom. The van der Waals surface area contributed by atoms with Gasteiger partial charge in [0.25, 0.3) is 0 Å². The highest BCUT2D eigenvalue weighted by atomic mass is 35.5. The van der Waals surface area contributed by atoms with Crippen LogP contribution in [0.5, 0.6) is 0 Å². The van der Waals surface area contributed by atoms with E-state index in [9.17, 15) is 14.7 Å². The molecule has 0 bridgehead atoms. The Kier molecular flexibility index (Phi) is 3.30. The summed E-state index contributed by atoms with van der Waals surface area (Å²) in [6, 6.07) is 6.65. The maximum absolute atomic E-state index is 11.6. The zero-order valence-electron chi connectivity index (χ0n) is 9.97. The van der Waals surface area contributed by atoms with Gasteiger partial charge in [0.15, 0.2) is 5.54 Å². The summed E-state index contributed by atoms with van der Waals surface area (Å²) in [5.41, 5.74) is -0.852. The lowest BCUT2D eigenvalue weighted by molar-refractivity contribution is -0.155. The van der Waals surface area contributed by atoms with Crippen molar-refractivity contribution in [1.82, 2.24) is 4.90 Å². The predicted octanol–water partition coefficient (Wildman–Crippen LogP) is 2.26. The number of aliphatic carboxylic acids is 1. The van der Waals surface area contributed by atoms with Crippen LogP contribution in [0.15, 0.2) is 24.3 Å². The molecule has 1 amide bonds. The highest BCUT2D eigenvalue weighted by Crippen LogP contribution is 2.38. The van der Waals surface area contributed by atoms with Crippen molar-refractivity contribution in [2.75, 3.05) is 0 Å². The maximum Gasteiger partial charge on any atom is 0.334 e. The Balaban J connectivity index is 2.49. The molecule has 5 heteroatoms. The van der Waals surface area contributed by atoms with E-state index in [1.165, 1.54) is 11.8 Å². The third-order valence-electron chi connectivity index (χ3n) is 3.37. The number of carbonyl (C=O) groups excluding carboxylic acids is 1. The lowest BCUT2D eigenvalue weighted by Crippen LogP contribution is -2.50. The van der Waals surface area contributed by atoms with Crippen LogP contribution in [-0.2, 0) is 15.1 Å². The van der Waals surface area contributed by atoms with E-state index >= 15 is 0 Å². The summed E-state index contributed by atoms with van der Waals surface area (Å²) in [5, 5.41) is 9.97. The van der Waals surface area contributed by atoms with E-state index in [0.717, 1.165) is 12.8 Å². The fourth-order valence-corrected chi connectivity index (χ4v) is 2.27. The number of hydrogen-bond donors (Lipinski definition) is 1. The van der Waals surface area contributed by atoms with Gasteiger partial charge in [-0.3, -0.25) is 4.79 Å². The van der Waals surface area contributed by atoms with Gasteiger partial charge in [-0.1, -0.05) is 23.7 Å². The second-order valence-corrected chi connectivity index (χ2v) is 5.07.